The third-order valence-electron chi connectivity index (χ3n) is 7.18. The summed E-state index contributed by atoms with van der Waals surface area (Å²) in [6, 6.07) is 13.7. The Hall–Kier alpha value is -2.99. The van der Waals surface area contributed by atoms with E-state index in [0.717, 1.165) is 11.1 Å². The molecule has 2 aromatic carbocycles. The molecule has 0 aliphatic carbocycles. The molecular formula is C26H28FN3O6S. The first-order chi connectivity index (χ1) is 17.8. The predicted molar refractivity (Wildman–Crippen MR) is 132 cm³/mol. The Bertz CT molecular complexity index is 1330. The molecule has 0 saturated carbocycles. The van der Waals surface area contributed by atoms with Gasteiger partial charge in [-0.1, -0.05) is 30.3 Å². The maximum atomic E-state index is 14.6. The Morgan fingerprint density at radius 1 is 1.00 bits per heavy atom. The minimum atomic E-state index is -3.75. The highest BCUT2D eigenvalue weighted by Crippen LogP contribution is 2.36. The van der Waals surface area contributed by atoms with E-state index in [2.05, 4.69) is 5.32 Å². The average Bonchev–Trinajstić information content (AvgIpc) is 3.48. The SMILES string of the molecule is O=C(C(OCC1(F)CNC1)c1ccccc1)N1CC2=C(C1)CN(S(=O)(=O)c1ccc3c(c1)OCCO3)C2. The van der Waals surface area contributed by atoms with Crippen LogP contribution in [0, 0.1) is 0 Å². The predicted octanol–water partition coefficient (Wildman–Crippen LogP) is 1.67. The van der Waals surface area contributed by atoms with E-state index >= 15 is 0 Å². The van der Waals surface area contributed by atoms with Gasteiger partial charge in [-0.05, 0) is 28.8 Å². The van der Waals surface area contributed by atoms with Gasteiger partial charge in [-0.15, -0.1) is 0 Å². The fourth-order valence-corrected chi connectivity index (χ4v) is 6.49. The normalized spacial score (nSPS) is 21.5. The molecule has 0 spiro atoms. The van der Waals surface area contributed by atoms with Gasteiger partial charge in [0, 0.05) is 45.3 Å². The Labute approximate surface area is 214 Å². The van der Waals surface area contributed by atoms with Crippen molar-refractivity contribution >= 4 is 15.9 Å². The van der Waals surface area contributed by atoms with Crippen molar-refractivity contribution in [2.24, 2.45) is 0 Å². The van der Waals surface area contributed by atoms with Crippen LogP contribution in [-0.4, -0.2) is 88.3 Å². The number of nitrogens with one attached hydrogen (secondary N) is 1. The summed E-state index contributed by atoms with van der Waals surface area (Å²) in [5.41, 5.74) is 1.01. The zero-order valence-corrected chi connectivity index (χ0v) is 21.0. The Balaban J connectivity index is 1.13. The molecule has 2 aromatic rings. The maximum absolute atomic E-state index is 14.6. The van der Waals surface area contributed by atoms with Crippen LogP contribution in [0.15, 0.2) is 64.6 Å². The quantitative estimate of drug-likeness (QED) is 0.545. The first-order valence-corrected chi connectivity index (χ1v) is 13.7. The van der Waals surface area contributed by atoms with Crippen molar-refractivity contribution in [3.63, 3.8) is 0 Å². The summed E-state index contributed by atoms with van der Waals surface area (Å²) in [6.07, 6.45) is -0.924. The Morgan fingerprint density at radius 3 is 2.32 bits per heavy atom. The second-order valence-corrected chi connectivity index (χ2v) is 11.8. The molecule has 0 aromatic heterocycles. The lowest BCUT2D eigenvalue weighted by Crippen LogP contribution is -2.59. The zero-order valence-electron chi connectivity index (χ0n) is 20.2. The average molecular weight is 530 g/mol. The van der Waals surface area contributed by atoms with Crippen LogP contribution in [0.3, 0.4) is 0 Å². The highest BCUT2D eigenvalue weighted by atomic mass is 32.2. The molecule has 4 aliphatic rings. The van der Waals surface area contributed by atoms with Gasteiger partial charge in [0.2, 0.25) is 10.0 Å². The third kappa shape index (κ3) is 4.61. The van der Waals surface area contributed by atoms with Crippen molar-refractivity contribution in [3.8, 4) is 11.5 Å². The standard InChI is InChI=1S/C26H28FN3O6S/c27-26(15-28-16-26)17-36-24(18-4-2-1-3-5-18)25(31)29-11-19-13-30(14-20(19)12-29)37(32,33)21-6-7-22-23(10-21)35-9-8-34-22/h1-7,10,24,28H,8-9,11-17H2. The minimum absolute atomic E-state index is 0.147. The zero-order chi connectivity index (χ0) is 25.6. The van der Waals surface area contributed by atoms with Crippen LogP contribution >= 0.6 is 0 Å². The molecule has 1 saturated heterocycles. The van der Waals surface area contributed by atoms with Crippen LogP contribution in [-0.2, 0) is 19.6 Å². The molecule has 196 valence electrons. The lowest BCUT2D eigenvalue weighted by atomic mass is 10.0. The van der Waals surface area contributed by atoms with Crippen molar-refractivity contribution in [2.45, 2.75) is 16.7 Å². The Kier molecular flexibility index (Phi) is 6.18. The van der Waals surface area contributed by atoms with Crippen LogP contribution in [0.4, 0.5) is 4.39 Å². The number of sulfonamides is 1. The number of hydrogen-bond acceptors (Lipinski definition) is 7. The number of alkyl halides is 1. The molecule has 4 heterocycles. The highest BCUT2D eigenvalue weighted by molar-refractivity contribution is 7.89. The first-order valence-electron chi connectivity index (χ1n) is 12.3. The van der Waals surface area contributed by atoms with E-state index in [-0.39, 0.29) is 43.6 Å². The molecule has 0 radical (unpaired) electrons. The number of nitrogens with zero attached hydrogens (tertiary/aromatic N) is 2. The lowest BCUT2D eigenvalue weighted by Gasteiger charge is -2.36. The molecule has 1 atom stereocenters. The molecule has 0 bridgehead atoms. The minimum Gasteiger partial charge on any atom is -0.486 e. The Morgan fingerprint density at radius 2 is 1.68 bits per heavy atom. The van der Waals surface area contributed by atoms with Crippen molar-refractivity contribution in [2.75, 3.05) is 59.1 Å². The van der Waals surface area contributed by atoms with Gasteiger partial charge in [-0.25, -0.2) is 12.8 Å². The van der Waals surface area contributed by atoms with Crippen LogP contribution in [0.25, 0.3) is 0 Å². The number of rotatable bonds is 7. The van der Waals surface area contributed by atoms with Gasteiger partial charge < -0.3 is 24.4 Å². The molecule has 1 unspecified atom stereocenters. The molecule has 37 heavy (non-hydrogen) atoms. The van der Waals surface area contributed by atoms with Crippen LogP contribution in [0.5, 0.6) is 11.5 Å². The molecule has 9 nitrogen and oxygen atoms in total. The number of halogens is 1. The summed E-state index contributed by atoms with van der Waals surface area (Å²) in [4.78, 5) is 15.3. The van der Waals surface area contributed by atoms with E-state index in [0.29, 0.717) is 43.4 Å². The molecule has 11 heteroatoms. The largest absolute Gasteiger partial charge is 0.486 e. The van der Waals surface area contributed by atoms with Crippen molar-refractivity contribution in [1.82, 2.24) is 14.5 Å². The molecule has 1 N–H and O–H groups in total. The van der Waals surface area contributed by atoms with E-state index in [1.54, 1.807) is 23.1 Å². The molecular weight excluding hydrogens is 501 g/mol. The number of carbonyl (C=O) groups excluding carboxylic acids is 1. The van der Waals surface area contributed by atoms with Gasteiger partial charge in [-0.2, -0.15) is 4.31 Å². The summed E-state index contributed by atoms with van der Waals surface area (Å²) in [6.45, 7) is 2.10. The number of ether oxygens (including phenoxy) is 3. The maximum Gasteiger partial charge on any atom is 0.256 e. The highest BCUT2D eigenvalue weighted by Gasteiger charge is 2.42. The van der Waals surface area contributed by atoms with Crippen molar-refractivity contribution in [1.29, 1.82) is 0 Å². The second-order valence-electron chi connectivity index (χ2n) is 9.84. The summed E-state index contributed by atoms with van der Waals surface area (Å²) >= 11 is 0. The van der Waals surface area contributed by atoms with Crippen molar-refractivity contribution in [3.05, 3.63) is 65.2 Å². The summed E-state index contributed by atoms with van der Waals surface area (Å²) in [5.74, 6) is 0.699. The number of fused-ring (bicyclic) bond motifs is 1. The van der Waals surface area contributed by atoms with E-state index in [4.69, 9.17) is 14.2 Å². The van der Waals surface area contributed by atoms with E-state index in [1.807, 2.05) is 18.2 Å². The van der Waals surface area contributed by atoms with Gasteiger partial charge in [0.25, 0.3) is 5.91 Å². The van der Waals surface area contributed by atoms with Crippen molar-refractivity contribution < 1.29 is 31.8 Å². The van der Waals surface area contributed by atoms with E-state index in [9.17, 15) is 17.6 Å². The van der Waals surface area contributed by atoms with E-state index < -0.39 is 21.8 Å². The fraction of sp³-hybridized carbons (Fsp3) is 0.423. The lowest BCUT2D eigenvalue weighted by molar-refractivity contribution is -0.147. The van der Waals surface area contributed by atoms with Crippen LogP contribution in [0.1, 0.15) is 11.7 Å². The van der Waals surface area contributed by atoms with Gasteiger partial charge in [-0.3, -0.25) is 4.79 Å². The number of carbonyl (C=O) groups is 1. The fourth-order valence-electron chi connectivity index (χ4n) is 5.04. The molecule has 6 rings (SSSR count). The van der Waals surface area contributed by atoms with Gasteiger partial charge in [0.1, 0.15) is 13.2 Å². The van der Waals surface area contributed by atoms with Gasteiger partial charge in [0.15, 0.2) is 23.3 Å². The molecule has 1 fully saturated rings. The summed E-state index contributed by atoms with van der Waals surface area (Å²) < 4.78 is 59.6. The monoisotopic (exact) mass is 529 g/mol. The number of amides is 1. The van der Waals surface area contributed by atoms with Crippen LogP contribution < -0.4 is 14.8 Å². The number of benzene rings is 2. The first kappa shape index (κ1) is 24.4. The summed E-state index contributed by atoms with van der Waals surface area (Å²) in [5, 5.41) is 2.90. The van der Waals surface area contributed by atoms with Crippen LogP contribution in [0.2, 0.25) is 0 Å². The topological polar surface area (TPSA) is 97.4 Å². The van der Waals surface area contributed by atoms with Gasteiger partial charge in [0.05, 0.1) is 11.5 Å². The number of hydrogen-bond donors (Lipinski definition) is 1. The van der Waals surface area contributed by atoms with E-state index in [1.165, 1.54) is 16.4 Å². The molecule has 1 amide bonds. The smallest absolute Gasteiger partial charge is 0.256 e. The molecule has 4 aliphatic heterocycles. The van der Waals surface area contributed by atoms with Gasteiger partial charge >= 0.3 is 0 Å². The summed E-state index contributed by atoms with van der Waals surface area (Å²) in [7, 11) is -3.75. The third-order valence-corrected chi connectivity index (χ3v) is 8.97. The second kappa shape index (κ2) is 9.39.